The van der Waals surface area contributed by atoms with Crippen molar-refractivity contribution < 1.29 is 0 Å². The molecule has 2 nitrogen and oxygen atoms in total. The average molecular weight is 190 g/mol. The summed E-state index contributed by atoms with van der Waals surface area (Å²) in [5, 5.41) is 0.699. The topological polar surface area (TPSA) is 38.0 Å². The van der Waals surface area contributed by atoms with Crippen LogP contribution in [-0.4, -0.2) is 17.0 Å². The number of rotatable bonds is 6. The van der Waals surface area contributed by atoms with Crippen LogP contribution in [0.2, 0.25) is 0 Å². The standard InChI is InChI=1S/C9H22N2S/c1-5-8(4)9(11-10)6-12-7(2)3/h7-9,11H,5-6,10H2,1-4H3. The maximum Gasteiger partial charge on any atom is 0.0326 e. The van der Waals surface area contributed by atoms with E-state index >= 15 is 0 Å². The van der Waals surface area contributed by atoms with E-state index in [9.17, 15) is 0 Å². The molecule has 0 spiro atoms. The van der Waals surface area contributed by atoms with E-state index in [1.807, 2.05) is 11.8 Å². The maximum atomic E-state index is 5.47. The Bertz CT molecular complexity index is 107. The maximum absolute atomic E-state index is 5.47. The number of nitrogens with two attached hydrogens (primary N) is 1. The molecule has 0 aromatic carbocycles. The van der Waals surface area contributed by atoms with Gasteiger partial charge in [-0.25, -0.2) is 0 Å². The molecule has 0 saturated heterocycles. The van der Waals surface area contributed by atoms with Crippen molar-refractivity contribution in [3.63, 3.8) is 0 Å². The number of hydrazine groups is 1. The minimum absolute atomic E-state index is 0.461. The van der Waals surface area contributed by atoms with Gasteiger partial charge in [-0.2, -0.15) is 11.8 Å². The summed E-state index contributed by atoms with van der Waals surface area (Å²) in [7, 11) is 0. The first-order chi connectivity index (χ1) is 5.61. The zero-order valence-electron chi connectivity index (χ0n) is 8.63. The Morgan fingerprint density at radius 1 is 1.33 bits per heavy atom. The number of nitrogens with one attached hydrogen (secondary N) is 1. The highest BCUT2D eigenvalue weighted by Crippen LogP contribution is 2.16. The van der Waals surface area contributed by atoms with Gasteiger partial charge in [-0.15, -0.1) is 0 Å². The zero-order chi connectivity index (χ0) is 9.56. The highest BCUT2D eigenvalue weighted by atomic mass is 32.2. The molecule has 0 heterocycles. The van der Waals surface area contributed by atoms with Crippen LogP contribution in [0.3, 0.4) is 0 Å². The van der Waals surface area contributed by atoms with Crippen LogP contribution < -0.4 is 11.3 Å². The quantitative estimate of drug-likeness (QED) is 0.497. The van der Waals surface area contributed by atoms with Crippen molar-refractivity contribution in [2.24, 2.45) is 11.8 Å². The molecule has 0 aromatic rings. The molecule has 74 valence electrons. The van der Waals surface area contributed by atoms with Crippen molar-refractivity contribution in [3.8, 4) is 0 Å². The summed E-state index contributed by atoms with van der Waals surface area (Å²) in [5.74, 6) is 7.25. The Hall–Kier alpha value is 0.270. The molecule has 2 unspecified atom stereocenters. The van der Waals surface area contributed by atoms with Crippen molar-refractivity contribution >= 4 is 11.8 Å². The lowest BCUT2D eigenvalue weighted by Gasteiger charge is -2.22. The van der Waals surface area contributed by atoms with Gasteiger partial charge in [0.1, 0.15) is 0 Å². The van der Waals surface area contributed by atoms with Gasteiger partial charge in [-0.05, 0) is 11.2 Å². The molecule has 0 rings (SSSR count). The van der Waals surface area contributed by atoms with Gasteiger partial charge >= 0.3 is 0 Å². The van der Waals surface area contributed by atoms with Crippen molar-refractivity contribution in [2.75, 3.05) is 5.75 Å². The third-order valence-electron chi connectivity index (χ3n) is 2.15. The van der Waals surface area contributed by atoms with Crippen LogP contribution in [0.25, 0.3) is 0 Å². The molecule has 0 bridgehead atoms. The van der Waals surface area contributed by atoms with E-state index in [1.165, 1.54) is 6.42 Å². The first kappa shape index (κ1) is 12.3. The predicted molar refractivity (Wildman–Crippen MR) is 58.2 cm³/mol. The Labute approximate surface area is 80.6 Å². The molecule has 0 saturated carbocycles. The summed E-state index contributed by atoms with van der Waals surface area (Å²) >= 11 is 1.97. The van der Waals surface area contributed by atoms with Gasteiger partial charge < -0.3 is 0 Å². The molecule has 0 aliphatic carbocycles. The van der Waals surface area contributed by atoms with Crippen molar-refractivity contribution in [2.45, 2.75) is 45.4 Å². The normalized spacial score (nSPS) is 16.5. The SMILES string of the molecule is CCC(C)C(CSC(C)C)NN. The summed E-state index contributed by atoms with van der Waals surface area (Å²) in [6.07, 6.45) is 1.19. The second-order valence-electron chi connectivity index (χ2n) is 3.54. The lowest BCUT2D eigenvalue weighted by atomic mass is 10.0. The number of hydrogen-bond donors (Lipinski definition) is 2. The molecule has 0 aliphatic rings. The van der Waals surface area contributed by atoms with Gasteiger partial charge in [0.05, 0.1) is 0 Å². The van der Waals surface area contributed by atoms with Gasteiger partial charge in [0.2, 0.25) is 0 Å². The summed E-state index contributed by atoms with van der Waals surface area (Å²) in [5.41, 5.74) is 2.89. The Morgan fingerprint density at radius 2 is 1.92 bits per heavy atom. The van der Waals surface area contributed by atoms with Gasteiger partial charge in [0.15, 0.2) is 0 Å². The molecular formula is C9H22N2S. The van der Waals surface area contributed by atoms with Crippen LogP contribution in [0.1, 0.15) is 34.1 Å². The fourth-order valence-electron chi connectivity index (χ4n) is 0.957. The van der Waals surface area contributed by atoms with E-state index in [4.69, 9.17) is 5.84 Å². The van der Waals surface area contributed by atoms with Crippen LogP contribution in [0.4, 0.5) is 0 Å². The second-order valence-corrected chi connectivity index (χ2v) is 5.15. The lowest BCUT2D eigenvalue weighted by molar-refractivity contribution is 0.403. The van der Waals surface area contributed by atoms with Gasteiger partial charge in [0.25, 0.3) is 0 Å². The third-order valence-corrected chi connectivity index (χ3v) is 3.37. The molecule has 0 aliphatic heterocycles. The van der Waals surface area contributed by atoms with Crippen LogP contribution >= 0.6 is 11.8 Å². The van der Waals surface area contributed by atoms with E-state index in [0.717, 1.165) is 5.75 Å². The molecular weight excluding hydrogens is 168 g/mol. The Morgan fingerprint density at radius 3 is 2.25 bits per heavy atom. The van der Waals surface area contributed by atoms with E-state index in [-0.39, 0.29) is 0 Å². The van der Waals surface area contributed by atoms with Crippen molar-refractivity contribution in [1.29, 1.82) is 0 Å². The molecule has 3 N–H and O–H groups in total. The van der Waals surface area contributed by atoms with Crippen LogP contribution in [-0.2, 0) is 0 Å². The van der Waals surface area contributed by atoms with Crippen molar-refractivity contribution in [3.05, 3.63) is 0 Å². The molecule has 0 aromatic heterocycles. The minimum atomic E-state index is 0.461. The monoisotopic (exact) mass is 190 g/mol. The summed E-state index contributed by atoms with van der Waals surface area (Å²) < 4.78 is 0. The first-order valence-corrected chi connectivity index (χ1v) is 5.74. The molecule has 0 radical (unpaired) electrons. The predicted octanol–water partition coefficient (Wildman–Crippen LogP) is 2.01. The Balaban J connectivity index is 3.67. The lowest BCUT2D eigenvalue weighted by Crippen LogP contribution is -2.41. The van der Waals surface area contributed by atoms with E-state index in [1.54, 1.807) is 0 Å². The van der Waals surface area contributed by atoms with E-state index in [0.29, 0.717) is 17.2 Å². The van der Waals surface area contributed by atoms with Gasteiger partial charge in [-0.1, -0.05) is 34.1 Å². The number of thioether (sulfide) groups is 1. The minimum Gasteiger partial charge on any atom is -0.271 e. The number of hydrogen-bond acceptors (Lipinski definition) is 3. The average Bonchev–Trinajstić information content (AvgIpc) is 2.04. The summed E-state index contributed by atoms with van der Waals surface area (Å²) in [6, 6.07) is 0.461. The highest BCUT2D eigenvalue weighted by molar-refractivity contribution is 7.99. The zero-order valence-corrected chi connectivity index (χ0v) is 9.45. The smallest absolute Gasteiger partial charge is 0.0326 e. The summed E-state index contributed by atoms with van der Waals surface area (Å²) in [4.78, 5) is 0. The van der Waals surface area contributed by atoms with Crippen LogP contribution in [0.15, 0.2) is 0 Å². The van der Waals surface area contributed by atoms with Crippen LogP contribution in [0.5, 0.6) is 0 Å². The molecule has 2 atom stereocenters. The van der Waals surface area contributed by atoms with Gasteiger partial charge in [0, 0.05) is 11.8 Å². The van der Waals surface area contributed by atoms with E-state index in [2.05, 4.69) is 33.1 Å². The third kappa shape index (κ3) is 5.01. The fourth-order valence-corrected chi connectivity index (χ4v) is 1.97. The summed E-state index contributed by atoms with van der Waals surface area (Å²) in [6.45, 7) is 8.88. The molecule has 3 heteroatoms. The molecule has 0 amide bonds. The Kier molecular flexibility index (Phi) is 6.90. The molecule has 12 heavy (non-hydrogen) atoms. The largest absolute Gasteiger partial charge is 0.271 e. The molecule has 0 fully saturated rings. The van der Waals surface area contributed by atoms with Crippen molar-refractivity contribution in [1.82, 2.24) is 5.43 Å². The second kappa shape index (κ2) is 6.75. The van der Waals surface area contributed by atoms with E-state index < -0.39 is 0 Å². The van der Waals surface area contributed by atoms with Gasteiger partial charge in [-0.3, -0.25) is 11.3 Å². The van der Waals surface area contributed by atoms with Crippen LogP contribution in [0, 0.1) is 5.92 Å². The first-order valence-electron chi connectivity index (χ1n) is 4.69. The highest BCUT2D eigenvalue weighted by Gasteiger charge is 2.14. The fraction of sp³-hybridized carbons (Fsp3) is 1.00.